The number of aromatic amines is 1. The zero-order valence-electron chi connectivity index (χ0n) is 11.9. The molecule has 1 atom stereocenters. The highest BCUT2D eigenvalue weighted by atomic mass is 79.9. The Morgan fingerprint density at radius 1 is 1.32 bits per heavy atom. The lowest BCUT2D eigenvalue weighted by Gasteiger charge is -2.17. The van der Waals surface area contributed by atoms with Crippen molar-refractivity contribution in [1.82, 2.24) is 20.3 Å². The highest BCUT2D eigenvalue weighted by molar-refractivity contribution is 9.10. The second-order valence-electron chi connectivity index (χ2n) is 5.63. The van der Waals surface area contributed by atoms with E-state index in [2.05, 4.69) is 42.3 Å². The second kappa shape index (κ2) is 5.68. The number of nitrogens with one attached hydrogen (secondary N) is 1. The number of aromatic nitrogens is 4. The number of aryl methyl sites for hydroxylation is 1. The van der Waals surface area contributed by atoms with Crippen LogP contribution in [-0.4, -0.2) is 20.3 Å². The van der Waals surface area contributed by atoms with Crippen molar-refractivity contribution in [2.75, 3.05) is 0 Å². The number of rotatable bonds is 3. The van der Waals surface area contributed by atoms with E-state index < -0.39 is 0 Å². The summed E-state index contributed by atoms with van der Waals surface area (Å²) >= 11 is 3.55. The van der Waals surface area contributed by atoms with Crippen LogP contribution in [-0.2, 0) is 19.3 Å². The molecule has 4 rings (SSSR count). The molecule has 0 saturated carbocycles. The van der Waals surface area contributed by atoms with Gasteiger partial charge in [0.25, 0.3) is 0 Å². The van der Waals surface area contributed by atoms with E-state index in [9.17, 15) is 0 Å². The molecule has 3 aromatic rings. The third kappa shape index (κ3) is 2.59. The highest BCUT2D eigenvalue weighted by Gasteiger charge is 2.26. The van der Waals surface area contributed by atoms with Crippen molar-refractivity contribution < 1.29 is 4.52 Å². The molecule has 22 heavy (non-hydrogen) atoms. The molecule has 112 valence electrons. The Bertz CT molecular complexity index is 795. The van der Waals surface area contributed by atoms with E-state index >= 15 is 0 Å². The van der Waals surface area contributed by atoms with Gasteiger partial charge in [0.15, 0.2) is 5.82 Å². The largest absolute Gasteiger partial charge is 0.339 e. The summed E-state index contributed by atoms with van der Waals surface area (Å²) in [6.45, 7) is 0. The lowest BCUT2D eigenvalue weighted by molar-refractivity contribution is 0.337. The first-order valence-corrected chi connectivity index (χ1v) is 8.16. The molecule has 1 aliphatic rings. The monoisotopic (exact) mass is 358 g/mol. The molecule has 0 bridgehead atoms. The van der Waals surface area contributed by atoms with E-state index in [1.807, 2.05) is 24.4 Å². The molecule has 2 aromatic heterocycles. The van der Waals surface area contributed by atoms with E-state index in [4.69, 9.17) is 4.52 Å². The van der Waals surface area contributed by atoms with Crippen LogP contribution in [0.1, 0.15) is 40.9 Å². The van der Waals surface area contributed by atoms with Gasteiger partial charge in [0.1, 0.15) is 0 Å². The number of hydrogen-bond acceptors (Lipinski definition) is 4. The molecule has 2 heterocycles. The van der Waals surface area contributed by atoms with Crippen molar-refractivity contribution in [3.63, 3.8) is 0 Å². The van der Waals surface area contributed by atoms with Gasteiger partial charge in [0.05, 0.1) is 6.20 Å². The predicted molar refractivity (Wildman–Crippen MR) is 84.6 cm³/mol. The number of fused-ring (bicyclic) bond motifs is 1. The van der Waals surface area contributed by atoms with Crippen molar-refractivity contribution in [2.45, 2.75) is 31.6 Å². The third-order valence-corrected chi connectivity index (χ3v) is 4.93. The van der Waals surface area contributed by atoms with Gasteiger partial charge in [-0.15, -0.1) is 0 Å². The summed E-state index contributed by atoms with van der Waals surface area (Å²) in [4.78, 5) is 4.59. The summed E-state index contributed by atoms with van der Waals surface area (Å²) in [5.74, 6) is 1.76. The Labute approximate surface area is 136 Å². The molecule has 0 amide bonds. The SMILES string of the molecule is Brc1ccccc1Cc1noc(C2CCc3cn[nH]c3C2)n1. The summed E-state index contributed by atoms with van der Waals surface area (Å²) in [7, 11) is 0. The van der Waals surface area contributed by atoms with Gasteiger partial charge in [-0.2, -0.15) is 10.1 Å². The molecule has 0 aliphatic heterocycles. The first-order chi connectivity index (χ1) is 10.8. The fourth-order valence-electron chi connectivity index (χ4n) is 2.94. The minimum atomic E-state index is 0.286. The number of H-pyrrole nitrogens is 1. The third-order valence-electron chi connectivity index (χ3n) is 4.16. The Morgan fingerprint density at radius 2 is 2.23 bits per heavy atom. The maximum absolute atomic E-state index is 5.50. The lowest BCUT2D eigenvalue weighted by Crippen LogP contribution is -2.12. The van der Waals surface area contributed by atoms with Crippen molar-refractivity contribution in [1.29, 1.82) is 0 Å². The topological polar surface area (TPSA) is 67.6 Å². The zero-order chi connectivity index (χ0) is 14.9. The molecule has 5 nitrogen and oxygen atoms in total. The van der Waals surface area contributed by atoms with E-state index in [-0.39, 0.29) is 5.92 Å². The van der Waals surface area contributed by atoms with Crippen LogP contribution in [0.25, 0.3) is 0 Å². The van der Waals surface area contributed by atoms with E-state index in [1.165, 1.54) is 11.3 Å². The van der Waals surface area contributed by atoms with Gasteiger partial charge in [-0.05, 0) is 30.0 Å². The maximum Gasteiger partial charge on any atom is 0.230 e. The van der Waals surface area contributed by atoms with Gasteiger partial charge in [-0.1, -0.05) is 39.3 Å². The quantitative estimate of drug-likeness (QED) is 0.778. The van der Waals surface area contributed by atoms with Crippen LogP contribution >= 0.6 is 15.9 Å². The standard InChI is InChI=1S/C16H15BrN4O/c17-13-4-2-1-3-10(13)8-15-19-16(22-21-15)11-5-6-12-9-18-20-14(12)7-11/h1-4,9,11H,5-8H2,(H,18,20). The molecule has 0 radical (unpaired) electrons. The molecule has 1 N–H and O–H groups in total. The van der Waals surface area contributed by atoms with Gasteiger partial charge in [-0.3, -0.25) is 5.10 Å². The van der Waals surface area contributed by atoms with Crippen molar-refractivity contribution in [3.05, 3.63) is 63.5 Å². The normalized spacial score (nSPS) is 17.4. The minimum absolute atomic E-state index is 0.286. The highest BCUT2D eigenvalue weighted by Crippen LogP contribution is 2.30. The first-order valence-electron chi connectivity index (χ1n) is 7.36. The summed E-state index contributed by atoms with van der Waals surface area (Å²) in [6, 6.07) is 8.11. The molecule has 0 fully saturated rings. The fraction of sp³-hybridized carbons (Fsp3) is 0.312. The number of halogens is 1. The van der Waals surface area contributed by atoms with E-state index in [0.717, 1.165) is 41.0 Å². The predicted octanol–water partition coefficient (Wildman–Crippen LogP) is 3.42. The van der Waals surface area contributed by atoms with Gasteiger partial charge in [0.2, 0.25) is 5.89 Å². The summed E-state index contributed by atoms with van der Waals surface area (Å²) in [5.41, 5.74) is 3.67. The summed E-state index contributed by atoms with van der Waals surface area (Å²) in [5, 5.41) is 11.3. The minimum Gasteiger partial charge on any atom is -0.339 e. The smallest absolute Gasteiger partial charge is 0.230 e. The average molecular weight is 359 g/mol. The Balaban J connectivity index is 1.52. The Kier molecular flexibility index (Phi) is 3.54. The van der Waals surface area contributed by atoms with Crippen LogP contribution in [0.2, 0.25) is 0 Å². The fourth-order valence-corrected chi connectivity index (χ4v) is 3.36. The lowest BCUT2D eigenvalue weighted by atomic mass is 9.88. The Hall–Kier alpha value is -1.95. The number of benzene rings is 1. The Morgan fingerprint density at radius 3 is 3.14 bits per heavy atom. The number of nitrogens with zero attached hydrogens (tertiary/aromatic N) is 3. The van der Waals surface area contributed by atoms with Crippen LogP contribution in [0.4, 0.5) is 0 Å². The number of hydrogen-bond donors (Lipinski definition) is 1. The zero-order valence-corrected chi connectivity index (χ0v) is 13.5. The van der Waals surface area contributed by atoms with Gasteiger partial charge >= 0.3 is 0 Å². The molecule has 1 unspecified atom stereocenters. The molecule has 1 aromatic carbocycles. The first kappa shape index (κ1) is 13.7. The summed E-state index contributed by atoms with van der Waals surface area (Å²) < 4.78 is 6.57. The molecular formula is C16H15BrN4O. The van der Waals surface area contributed by atoms with Crippen molar-refractivity contribution in [3.8, 4) is 0 Å². The van der Waals surface area contributed by atoms with Crippen LogP contribution in [0.15, 0.2) is 39.5 Å². The summed E-state index contributed by atoms with van der Waals surface area (Å²) in [6.07, 6.45) is 5.53. The average Bonchev–Trinajstić information content (AvgIpc) is 3.17. The van der Waals surface area contributed by atoms with Crippen molar-refractivity contribution >= 4 is 15.9 Å². The van der Waals surface area contributed by atoms with Crippen LogP contribution in [0, 0.1) is 0 Å². The van der Waals surface area contributed by atoms with Crippen LogP contribution < -0.4 is 0 Å². The van der Waals surface area contributed by atoms with Crippen LogP contribution in [0.5, 0.6) is 0 Å². The maximum atomic E-state index is 5.50. The molecule has 0 saturated heterocycles. The molecule has 0 spiro atoms. The molecule has 1 aliphatic carbocycles. The molecular weight excluding hydrogens is 344 g/mol. The second-order valence-corrected chi connectivity index (χ2v) is 6.48. The van der Waals surface area contributed by atoms with Gasteiger partial charge in [0, 0.05) is 28.9 Å². The van der Waals surface area contributed by atoms with Gasteiger partial charge in [-0.25, -0.2) is 0 Å². The van der Waals surface area contributed by atoms with Crippen LogP contribution in [0.3, 0.4) is 0 Å². The van der Waals surface area contributed by atoms with Crippen molar-refractivity contribution in [2.24, 2.45) is 0 Å². The van der Waals surface area contributed by atoms with E-state index in [1.54, 1.807) is 0 Å². The van der Waals surface area contributed by atoms with E-state index in [0.29, 0.717) is 6.42 Å². The van der Waals surface area contributed by atoms with Gasteiger partial charge < -0.3 is 4.52 Å². The molecule has 6 heteroatoms.